The smallest absolute Gasteiger partial charge is 0.244 e. The molecule has 0 atom stereocenters. The summed E-state index contributed by atoms with van der Waals surface area (Å²) in [7, 11) is -1.58. The second-order valence-electron chi connectivity index (χ2n) is 4.75. The largest absolute Gasteiger partial charge is 0.399 e. The van der Waals surface area contributed by atoms with E-state index in [4.69, 9.17) is 17.3 Å². The third-order valence-electron chi connectivity index (χ3n) is 3.25. The van der Waals surface area contributed by atoms with Crippen molar-refractivity contribution < 1.29 is 8.42 Å². The van der Waals surface area contributed by atoms with Crippen LogP contribution in [0.3, 0.4) is 0 Å². The van der Waals surface area contributed by atoms with E-state index in [-0.39, 0.29) is 9.92 Å². The summed E-state index contributed by atoms with van der Waals surface area (Å²) in [5, 5.41) is 0.215. The van der Waals surface area contributed by atoms with Crippen LogP contribution in [0.5, 0.6) is 0 Å². The molecule has 0 saturated carbocycles. The Balaban J connectivity index is 2.33. The second kappa shape index (κ2) is 5.66. The Bertz CT molecular complexity index is 562. The molecule has 7 heteroatoms. The first-order chi connectivity index (χ1) is 8.91. The van der Waals surface area contributed by atoms with Gasteiger partial charge in [0.1, 0.15) is 4.90 Å². The summed E-state index contributed by atoms with van der Waals surface area (Å²) in [6.45, 7) is 2.61. The van der Waals surface area contributed by atoms with Gasteiger partial charge in [0.15, 0.2) is 0 Å². The fraction of sp³-hybridized carbons (Fsp3) is 0.500. The minimum atomic E-state index is -3.57. The Morgan fingerprint density at radius 3 is 2.68 bits per heavy atom. The van der Waals surface area contributed by atoms with E-state index in [1.807, 2.05) is 7.05 Å². The molecule has 1 aliphatic heterocycles. The van der Waals surface area contributed by atoms with E-state index in [1.165, 1.54) is 16.4 Å². The molecule has 0 aromatic heterocycles. The van der Waals surface area contributed by atoms with Gasteiger partial charge in [0.25, 0.3) is 0 Å². The van der Waals surface area contributed by atoms with Crippen molar-refractivity contribution in [3.05, 3.63) is 23.2 Å². The van der Waals surface area contributed by atoms with Gasteiger partial charge in [-0.3, -0.25) is 0 Å². The number of hydrogen-bond donors (Lipinski definition) is 1. The van der Waals surface area contributed by atoms with E-state index in [0.29, 0.717) is 18.8 Å². The second-order valence-corrected chi connectivity index (χ2v) is 7.06. The highest BCUT2D eigenvalue weighted by atomic mass is 35.5. The van der Waals surface area contributed by atoms with E-state index in [2.05, 4.69) is 4.90 Å². The predicted octanol–water partition coefficient (Wildman–Crippen LogP) is 1.25. The van der Waals surface area contributed by atoms with E-state index in [1.54, 1.807) is 6.07 Å². The summed E-state index contributed by atoms with van der Waals surface area (Å²) < 4.78 is 26.7. The van der Waals surface area contributed by atoms with Crippen LogP contribution in [0, 0.1) is 0 Å². The minimum absolute atomic E-state index is 0.0960. The van der Waals surface area contributed by atoms with Crippen LogP contribution in [-0.4, -0.2) is 50.8 Å². The fourth-order valence-electron chi connectivity index (χ4n) is 2.12. The average Bonchev–Trinajstić information content (AvgIpc) is 2.57. The Hall–Kier alpha value is -0.820. The first-order valence-corrected chi connectivity index (χ1v) is 7.97. The number of nitrogens with zero attached hydrogens (tertiary/aromatic N) is 2. The summed E-state index contributed by atoms with van der Waals surface area (Å²) in [5.74, 6) is 0. The van der Waals surface area contributed by atoms with Gasteiger partial charge in [-0.15, -0.1) is 0 Å². The van der Waals surface area contributed by atoms with Crippen molar-refractivity contribution in [2.24, 2.45) is 0 Å². The van der Waals surface area contributed by atoms with Crippen LogP contribution in [0.25, 0.3) is 0 Å². The van der Waals surface area contributed by atoms with Gasteiger partial charge in [-0.25, -0.2) is 8.42 Å². The van der Waals surface area contributed by atoms with Gasteiger partial charge in [-0.1, -0.05) is 11.6 Å². The molecule has 0 amide bonds. The Morgan fingerprint density at radius 2 is 1.95 bits per heavy atom. The van der Waals surface area contributed by atoms with Gasteiger partial charge in [-0.05, 0) is 38.2 Å². The van der Waals surface area contributed by atoms with Crippen LogP contribution in [0.1, 0.15) is 6.42 Å². The molecule has 1 fully saturated rings. The molecule has 0 bridgehead atoms. The molecule has 19 heavy (non-hydrogen) atoms. The SMILES string of the molecule is CN1CCCN(S(=O)(=O)c2cc(N)ccc2Cl)CC1. The molecule has 2 rings (SSSR count). The number of halogens is 1. The third kappa shape index (κ3) is 3.20. The number of nitrogen functional groups attached to an aromatic ring is 1. The van der Waals surface area contributed by atoms with Crippen molar-refractivity contribution in [2.75, 3.05) is 39.0 Å². The minimum Gasteiger partial charge on any atom is -0.399 e. The fourth-order valence-corrected chi connectivity index (χ4v) is 4.10. The van der Waals surface area contributed by atoms with Crippen LogP contribution >= 0.6 is 11.6 Å². The van der Waals surface area contributed by atoms with Gasteiger partial charge in [0, 0.05) is 25.3 Å². The number of nitrogens with two attached hydrogens (primary N) is 1. The van der Waals surface area contributed by atoms with Gasteiger partial charge >= 0.3 is 0 Å². The molecular formula is C12H18ClN3O2S. The molecule has 0 radical (unpaired) electrons. The van der Waals surface area contributed by atoms with Crippen molar-refractivity contribution in [2.45, 2.75) is 11.3 Å². The normalized spacial score (nSPS) is 19.3. The van der Waals surface area contributed by atoms with E-state index in [9.17, 15) is 8.42 Å². The van der Waals surface area contributed by atoms with Crippen molar-refractivity contribution in [1.29, 1.82) is 0 Å². The van der Waals surface area contributed by atoms with Crippen molar-refractivity contribution in [1.82, 2.24) is 9.21 Å². The van der Waals surface area contributed by atoms with Crippen LogP contribution < -0.4 is 5.73 Å². The highest BCUT2D eigenvalue weighted by Crippen LogP contribution is 2.27. The highest BCUT2D eigenvalue weighted by molar-refractivity contribution is 7.89. The first kappa shape index (κ1) is 14.6. The molecule has 5 nitrogen and oxygen atoms in total. The van der Waals surface area contributed by atoms with Crippen LogP contribution in [-0.2, 0) is 10.0 Å². The molecule has 0 unspecified atom stereocenters. The molecule has 0 spiro atoms. The molecule has 0 aliphatic carbocycles. The van der Waals surface area contributed by atoms with Crippen molar-refractivity contribution in [3.63, 3.8) is 0 Å². The van der Waals surface area contributed by atoms with Crippen molar-refractivity contribution >= 4 is 27.3 Å². The zero-order valence-electron chi connectivity index (χ0n) is 10.8. The molecule has 1 aromatic carbocycles. The van der Waals surface area contributed by atoms with E-state index < -0.39 is 10.0 Å². The lowest BCUT2D eigenvalue weighted by atomic mass is 10.3. The zero-order valence-corrected chi connectivity index (χ0v) is 12.4. The van der Waals surface area contributed by atoms with E-state index in [0.717, 1.165) is 19.5 Å². The monoisotopic (exact) mass is 303 g/mol. The maximum absolute atomic E-state index is 12.6. The maximum atomic E-state index is 12.6. The number of benzene rings is 1. The molecule has 1 aliphatic rings. The summed E-state index contributed by atoms with van der Waals surface area (Å²) in [6, 6.07) is 4.54. The van der Waals surface area contributed by atoms with Gasteiger partial charge in [-0.2, -0.15) is 4.31 Å². The number of sulfonamides is 1. The van der Waals surface area contributed by atoms with E-state index >= 15 is 0 Å². The molecule has 1 aromatic rings. The highest BCUT2D eigenvalue weighted by Gasteiger charge is 2.28. The summed E-state index contributed by atoms with van der Waals surface area (Å²) in [5.41, 5.74) is 6.05. The Kier molecular flexibility index (Phi) is 4.35. The number of rotatable bonds is 2. The summed E-state index contributed by atoms with van der Waals surface area (Å²) >= 11 is 6.00. The average molecular weight is 304 g/mol. The summed E-state index contributed by atoms with van der Waals surface area (Å²) in [6.07, 6.45) is 0.815. The van der Waals surface area contributed by atoms with Crippen LogP contribution in [0.2, 0.25) is 5.02 Å². The zero-order chi connectivity index (χ0) is 14.0. The lowest BCUT2D eigenvalue weighted by Crippen LogP contribution is -2.34. The molecule has 1 saturated heterocycles. The van der Waals surface area contributed by atoms with Crippen molar-refractivity contribution in [3.8, 4) is 0 Å². The lowest BCUT2D eigenvalue weighted by Gasteiger charge is -2.21. The first-order valence-electron chi connectivity index (χ1n) is 6.15. The topological polar surface area (TPSA) is 66.6 Å². The number of likely N-dealkylation sites (N-methyl/N-ethyl adjacent to an activating group) is 1. The standard InChI is InChI=1S/C12H18ClN3O2S/c1-15-5-2-6-16(8-7-15)19(17,18)12-9-10(14)3-4-11(12)13/h3-4,9H,2,5-8,14H2,1H3. The maximum Gasteiger partial charge on any atom is 0.244 e. The molecular weight excluding hydrogens is 286 g/mol. The predicted molar refractivity (Wildman–Crippen MR) is 76.7 cm³/mol. The quantitative estimate of drug-likeness (QED) is 0.835. The lowest BCUT2D eigenvalue weighted by molar-refractivity contribution is 0.347. The Morgan fingerprint density at radius 1 is 1.21 bits per heavy atom. The molecule has 1 heterocycles. The number of anilines is 1. The Labute approximate surface area is 119 Å². The van der Waals surface area contributed by atoms with Gasteiger partial charge < -0.3 is 10.6 Å². The molecule has 106 valence electrons. The third-order valence-corrected chi connectivity index (χ3v) is 5.63. The molecule has 2 N–H and O–H groups in total. The number of hydrogen-bond acceptors (Lipinski definition) is 4. The van der Waals surface area contributed by atoms with Crippen LogP contribution in [0.15, 0.2) is 23.1 Å². The van der Waals surface area contributed by atoms with Crippen LogP contribution in [0.4, 0.5) is 5.69 Å². The summed E-state index contributed by atoms with van der Waals surface area (Å²) in [4.78, 5) is 2.22. The van der Waals surface area contributed by atoms with Gasteiger partial charge in [0.05, 0.1) is 5.02 Å². The van der Waals surface area contributed by atoms with Gasteiger partial charge in [0.2, 0.25) is 10.0 Å².